The second kappa shape index (κ2) is 2.45. The molecule has 0 unspecified atom stereocenters. The molecule has 54 valence electrons. The molecule has 0 aliphatic heterocycles. The molecule has 10 heavy (non-hydrogen) atoms. The summed E-state index contributed by atoms with van der Waals surface area (Å²) in [5.74, 6) is 0. The molecule has 1 aromatic rings. The minimum absolute atomic E-state index is 0.584. The van der Waals surface area contributed by atoms with Crippen LogP contribution in [0.25, 0.3) is 0 Å². The Balaban J connectivity index is 3.60. The van der Waals surface area contributed by atoms with Crippen LogP contribution in [0.5, 0.6) is 0 Å². The van der Waals surface area contributed by atoms with Gasteiger partial charge in [-0.25, -0.2) is 0 Å². The Labute approximate surface area is 65.7 Å². The lowest BCUT2D eigenvalue weighted by molar-refractivity contribution is 1.24. The van der Waals surface area contributed by atoms with Crippen LogP contribution in [0, 0.1) is 27.7 Å². The number of hydrogen-bond acceptors (Lipinski definition) is 0. The van der Waals surface area contributed by atoms with E-state index in [1.165, 1.54) is 0 Å². The van der Waals surface area contributed by atoms with Crippen molar-refractivity contribution in [2.75, 3.05) is 0 Å². The van der Waals surface area contributed by atoms with Crippen molar-refractivity contribution in [2.24, 2.45) is 0 Å². The Morgan fingerprint density at radius 3 is 1.20 bits per heavy atom. The first kappa shape index (κ1) is 4.95. The van der Waals surface area contributed by atoms with Crippen LogP contribution in [0.2, 0.25) is 0 Å². The zero-order chi connectivity index (χ0) is 9.46. The van der Waals surface area contributed by atoms with Crippen LogP contribution in [-0.2, 0) is 0 Å². The van der Waals surface area contributed by atoms with Gasteiger partial charge in [-0.05, 0) is 49.9 Å². The summed E-state index contributed by atoms with van der Waals surface area (Å²) in [6, 6.07) is 1.17. The van der Waals surface area contributed by atoms with Gasteiger partial charge in [0, 0.05) is 0 Å². The van der Waals surface area contributed by atoms with E-state index in [0.717, 1.165) is 22.3 Å². The van der Waals surface area contributed by atoms with Gasteiger partial charge in [0.25, 0.3) is 0 Å². The van der Waals surface area contributed by atoms with Crippen molar-refractivity contribution in [1.29, 1.82) is 0 Å². The van der Waals surface area contributed by atoms with E-state index in [2.05, 4.69) is 0 Å². The fraction of sp³-hybridized carbons (Fsp3) is 0.400. The highest BCUT2D eigenvalue weighted by Crippen LogP contribution is 2.13. The number of hydrogen-bond donors (Lipinski definition) is 0. The van der Waals surface area contributed by atoms with Gasteiger partial charge in [0.05, 0.1) is 2.74 Å². The summed E-state index contributed by atoms with van der Waals surface area (Å²) in [6.07, 6.45) is 0. The Morgan fingerprint density at radius 2 is 1.00 bits per heavy atom. The molecule has 0 saturated heterocycles. The van der Waals surface area contributed by atoms with E-state index >= 15 is 0 Å². The smallest absolute Gasteiger partial charge is 0.0559 e. The molecular weight excluding hydrogens is 120 g/mol. The fourth-order valence-corrected chi connectivity index (χ4v) is 0.938. The lowest BCUT2D eigenvalue weighted by Crippen LogP contribution is -1.86. The maximum Gasteiger partial charge on any atom is 0.0629 e. The van der Waals surface area contributed by atoms with Crippen LogP contribution in [-0.4, -0.2) is 0 Å². The monoisotopic (exact) mass is 136 g/mol. The second-order valence-corrected chi connectivity index (χ2v) is 2.75. The summed E-state index contributed by atoms with van der Waals surface area (Å²) >= 11 is 0. The summed E-state index contributed by atoms with van der Waals surface area (Å²) in [7, 11) is 0. The first-order valence-corrected chi connectivity index (χ1v) is 3.50. The number of rotatable bonds is 0. The SMILES string of the molecule is [2H]c1c(C)c(C)c([2H])c(C)c1C. The van der Waals surface area contributed by atoms with Crippen molar-refractivity contribution in [3.8, 4) is 0 Å². The third-order valence-corrected chi connectivity index (χ3v) is 1.88. The predicted molar refractivity (Wildman–Crippen MR) is 45.4 cm³/mol. The molecule has 0 bridgehead atoms. The summed E-state index contributed by atoms with van der Waals surface area (Å²) in [5, 5.41) is 0. The molecule has 0 heterocycles. The van der Waals surface area contributed by atoms with Gasteiger partial charge >= 0.3 is 0 Å². The molecule has 0 heteroatoms. The lowest BCUT2D eigenvalue weighted by atomic mass is 10.0. The van der Waals surface area contributed by atoms with Crippen LogP contribution in [0.4, 0.5) is 0 Å². The van der Waals surface area contributed by atoms with E-state index in [1.807, 2.05) is 27.7 Å². The molecular formula is C10H14. The summed E-state index contributed by atoms with van der Waals surface area (Å²) in [5.41, 5.74) is 3.73. The molecule has 0 fully saturated rings. The molecule has 0 saturated carbocycles. The van der Waals surface area contributed by atoms with Gasteiger partial charge in [0.1, 0.15) is 0 Å². The van der Waals surface area contributed by atoms with E-state index in [9.17, 15) is 0 Å². The Morgan fingerprint density at radius 1 is 0.800 bits per heavy atom. The first-order valence-electron chi connectivity index (χ1n) is 4.50. The van der Waals surface area contributed by atoms with Gasteiger partial charge in [0.2, 0.25) is 0 Å². The van der Waals surface area contributed by atoms with E-state index < -0.39 is 0 Å². The topological polar surface area (TPSA) is 0 Å². The van der Waals surface area contributed by atoms with E-state index in [4.69, 9.17) is 2.74 Å². The predicted octanol–water partition coefficient (Wildman–Crippen LogP) is 2.92. The van der Waals surface area contributed by atoms with Crippen molar-refractivity contribution in [3.05, 3.63) is 34.3 Å². The second-order valence-electron chi connectivity index (χ2n) is 2.75. The van der Waals surface area contributed by atoms with Crippen LogP contribution < -0.4 is 0 Å². The third kappa shape index (κ3) is 1.21. The zero-order valence-corrected chi connectivity index (χ0v) is 7.00. The van der Waals surface area contributed by atoms with Gasteiger partial charge in [-0.1, -0.05) is 12.1 Å². The van der Waals surface area contributed by atoms with Gasteiger partial charge in [-0.15, -0.1) is 0 Å². The largest absolute Gasteiger partial charge is 0.0629 e. The maximum atomic E-state index is 7.74. The van der Waals surface area contributed by atoms with Gasteiger partial charge in [-0.3, -0.25) is 0 Å². The highest BCUT2D eigenvalue weighted by Gasteiger charge is 1.95. The summed E-state index contributed by atoms with van der Waals surface area (Å²) < 4.78 is 15.5. The van der Waals surface area contributed by atoms with Crippen LogP contribution in [0.3, 0.4) is 0 Å². The molecule has 0 atom stereocenters. The fourth-order valence-electron chi connectivity index (χ4n) is 0.938. The Hall–Kier alpha value is -0.780. The molecule has 0 spiro atoms. The van der Waals surface area contributed by atoms with Crippen LogP contribution in [0.15, 0.2) is 12.1 Å². The Kier molecular flexibility index (Phi) is 1.21. The van der Waals surface area contributed by atoms with Crippen molar-refractivity contribution >= 4 is 0 Å². The Bertz CT molecular complexity index is 222. The van der Waals surface area contributed by atoms with Crippen LogP contribution >= 0.6 is 0 Å². The highest BCUT2D eigenvalue weighted by atomic mass is 14.0. The van der Waals surface area contributed by atoms with Crippen molar-refractivity contribution < 1.29 is 2.74 Å². The minimum atomic E-state index is 0.584. The van der Waals surface area contributed by atoms with E-state index in [1.54, 1.807) is 0 Å². The molecule has 0 N–H and O–H groups in total. The average Bonchev–Trinajstić information content (AvgIpc) is 2.08. The van der Waals surface area contributed by atoms with E-state index in [0.29, 0.717) is 12.1 Å². The molecule has 0 aliphatic rings. The standard InChI is InChI=1S/C10H14/c1-7-5-9(3)10(4)6-8(7)2/h5-6H,1-4H3/i5D,6D. The quantitative estimate of drug-likeness (QED) is 0.514. The zero-order valence-electron chi connectivity index (χ0n) is 9.00. The van der Waals surface area contributed by atoms with Crippen molar-refractivity contribution in [2.45, 2.75) is 27.7 Å². The van der Waals surface area contributed by atoms with Crippen molar-refractivity contribution in [3.63, 3.8) is 0 Å². The molecule has 1 rings (SSSR count). The maximum absolute atomic E-state index is 7.74. The van der Waals surface area contributed by atoms with Gasteiger partial charge < -0.3 is 0 Å². The van der Waals surface area contributed by atoms with Gasteiger partial charge in [0.15, 0.2) is 0 Å². The molecule has 0 nitrogen and oxygen atoms in total. The summed E-state index contributed by atoms with van der Waals surface area (Å²) in [6.45, 7) is 7.62. The highest BCUT2D eigenvalue weighted by molar-refractivity contribution is 5.35. The lowest BCUT2D eigenvalue weighted by Gasteiger charge is -2.04. The van der Waals surface area contributed by atoms with Crippen LogP contribution in [0.1, 0.15) is 25.0 Å². The molecule has 0 amide bonds. The van der Waals surface area contributed by atoms with Crippen molar-refractivity contribution in [1.82, 2.24) is 0 Å². The molecule has 0 aromatic heterocycles. The van der Waals surface area contributed by atoms with E-state index in [-0.39, 0.29) is 0 Å². The average molecular weight is 136 g/mol. The molecule has 0 radical (unpaired) electrons. The summed E-state index contributed by atoms with van der Waals surface area (Å²) in [4.78, 5) is 0. The molecule has 1 aromatic carbocycles. The normalized spacial score (nSPS) is 12.8. The minimum Gasteiger partial charge on any atom is -0.0559 e. The first-order chi connectivity index (χ1) is 5.46. The third-order valence-electron chi connectivity index (χ3n) is 1.88. The molecule has 0 aliphatic carbocycles. The van der Waals surface area contributed by atoms with Gasteiger partial charge in [-0.2, -0.15) is 0 Å². The number of benzene rings is 1.